The van der Waals surface area contributed by atoms with Gasteiger partial charge in [0.1, 0.15) is 11.5 Å². The molecule has 0 bridgehead atoms. The lowest BCUT2D eigenvalue weighted by molar-refractivity contribution is -0.122. The highest BCUT2D eigenvalue weighted by Crippen LogP contribution is 2.33. The molecule has 1 aromatic heterocycles. The van der Waals surface area contributed by atoms with E-state index in [1.807, 2.05) is 39.8 Å². The molecule has 0 aliphatic heterocycles. The van der Waals surface area contributed by atoms with Crippen molar-refractivity contribution < 1.29 is 17.6 Å². The Morgan fingerprint density at radius 1 is 1.36 bits per heavy atom. The minimum atomic E-state index is -3.38. The third-order valence-electron chi connectivity index (χ3n) is 3.42. The first kappa shape index (κ1) is 18.7. The number of furan rings is 1. The van der Waals surface area contributed by atoms with Crippen LogP contribution in [0.4, 0.5) is 0 Å². The zero-order valence-corrected chi connectivity index (χ0v) is 15.0. The maximum Gasteiger partial charge on any atom is 0.235 e. The molecule has 1 amide bonds. The molecular formula is C15H26N2O4S. The summed E-state index contributed by atoms with van der Waals surface area (Å²) in [5, 5.41) is 2.87. The Morgan fingerprint density at radius 2 is 1.95 bits per heavy atom. The first-order valence-electron chi connectivity index (χ1n) is 7.24. The first-order chi connectivity index (χ1) is 9.95. The summed E-state index contributed by atoms with van der Waals surface area (Å²) in [7, 11) is -2.01. The number of rotatable bonds is 6. The summed E-state index contributed by atoms with van der Waals surface area (Å²) >= 11 is 0. The summed E-state index contributed by atoms with van der Waals surface area (Å²) in [6, 6.07) is 3.42. The fourth-order valence-corrected chi connectivity index (χ4v) is 2.33. The Hall–Kier alpha value is -1.34. The lowest BCUT2D eigenvalue weighted by Crippen LogP contribution is -2.42. The number of carbonyl (C=O) groups is 1. The summed E-state index contributed by atoms with van der Waals surface area (Å²) in [6.07, 6.45) is 1.85. The molecule has 7 heteroatoms. The van der Waals surface area contributed by atoms with Gasteiger partial charge in [0.15, 0.2) is 0 Å². The third-order valence-corrected chi connectivity index (χ3v) is 4.68. The first-order valence-corrected chi connectivity index (χ1v) is 9.09. The average molecular weight is 330 g/mol. The molecule has 6 nitrogen and oxygen atoms in total. The number of hydrogen-bond acceptors (Lipinski definition) is 4. The maximum atomic E-state index is 12.1. The van der Waals surface area contributed by atoms with Crippen molar-refractivity contribution in [1.82, 2.24) is 9.62 Å². The highest BCUT2D eigenvalue weighted by Gasteiger charge is 2.31. The van der Waals surface area contributed by atoms with E-state index in [1.165, 1.54) is 7.05 Å². The van der Waals surface area contributed by atoms with E-state index >= 15 is 0 Å². The van der Waals surface area contributed by atoms with Crippen molar-refractivity contribution >= 4 is 15.9 Å². The maximum absolute atomic E-state index is 12.1. The van der Waals surface area contributed by atoms with Crippen molar-refractivity contribution in [1.29, 1.82) is 0 Å². The Bertz CT molecular complexity index is 614. The quantitative estimate of drug-likeness (QED) is 0.864. The SMILES string of the molecule is CCc1ccc(C(NC(=O)CN(C)S(C)(=O)=O)C(C)(C)C)o1. The van der Waals surface area contributed by atoms with Crippen LogP contribution in [0.15, 0.2) is 16.5 Å². The molecule has 0 fully saturated rings. The van der Waals surface area contributed by atoms with Crippen LogP contribution < -0.4 is 5.32 Å². The van der Waals surface area contributed by atoms with Gasteiger partial charge in [-0.1, -0.05) is 27.7 Å². The monoisotopic (exact) mass is 330 g/mol. The Balaban J connectivity index is 2.89. The van der Waals surface area contributed by atoms with E-state index in [2.05, 4.69) is 5.32 Å². The molecule has 0 spiro atoms. The van der Waals surface area contributed by atoms with Crippen LogP contribution >= 0.6 is 0 Å². The number of hydrogen-bond donors (Lipinski definition) is 1. The van der Waals surface area contributed by atoms with Crippen molar-refractivity contribution in [2.45, 2.75) is 40.2 Å². The van der Waals surface area contributed by atoms with E-state index in [9.17, 15) is 13.2 Å². The van der Waals surface area contributed by atoms with Crippen LogP contribution in [-0.2, 0) is 21.2 Å². The molecule has 0 aliphatic carbocycles. The van der Waals surface area contributed by atoms with Gasteiger partial charge >= 0.3 is 0 Å². The van der Waals surface area contributed by atoms with Crippen molar-refractivity contribution in [3.8, 4) is 0 Å². The molecule has 0 radical (unpaired) electrons. The van der Waals surface area contributed by atoms with Crippen molar-refractivity contribution in [3.05, 3.63) is 23.7 Å². The second-order valence-corrected chi connectivity index (χ2v) is 8.63. The molecule has 1 heterocycles. The van der Waals surface area contributed by atoms with Gasteiger partial charge in [0.2, 0.25) is 15.9 Å². The minimum Gasteiger partial charge on any atom is -0.464 e. The van der Waals surface area contributed by atoms with Gasteiger partial charge in [-0.2, -0.15) is 4.31 Å². The topological polar surface area (TPSA) is 79.6 Å². The molecule has 0 saturated heterocycles. The predicted molar refractivity (Wildman–Crippen MR) is 85.9 cm³/mol. The fraction of sp³-hybridized carbons (Fsp3) is 0.667. The van der Waals surface area contributed by atoms with Crippen LogP contribution in [0.3, 0.4) is 0 Å². The summed E-state index contributed by atoms with van der Waals surface area (Å²) in [6.45, 7) is 7.76. The summed E-state index contributed by atoms with van der Waals surface area (Å²) in [5.74, 6) is 1.17. The third kappa shape index (κ3) is 5.14. The summed E-state index contributed by atoms with van der Waals surface area (Å²) in [5.41, 5.74) is -0.262. The zero-order chi connectivity index (χ0) is 17.1. The van der Waals surface area contributed by atoms with Gasteiger partial charge in [0.05, 0.1) is 18.8 Å². The number of amides is 1. The number of nitrogens with one attached hydrogen (secondary N) is 1. The smallest absolute Gasteiger partial charge is 0.235 e. The van der Waals surface area contributed by atoms with Crippen molar-refractivity contribution in [3.63, 3.8) is 0 Å². The van der Waals surface area contributed by atoms with E-state index in [0.29, 0.717) is 5.76 Å². The lowest BCUT2D eigenvalue weighted by atomic mass is 9.85. The zero-order valence-electron chi connectivity index (χ0n) is 14.1. The average Bonchev–Trinajstić information content (AvgIpc) is 2.81. The molecule has 0 saturated carbocycles. The Morgan fingerprint density at radius 3 is 2.36 bits per heavy atom. The van der Waals surface area contributed by atoms with Crippen LogP contribution in [0, 0.1) is 5.41 Å². The minimum absolute atomic E-state index is 0.216. The molecule has 0 aliphatic rings. The molecule has 0 aromatic carbocycles. The van der Waals surface area contributed by atoms with Gasteiger partial charge in [-0.25, -0.2) is 8.42 Å². The molecule has 1 N–H and O–H groups in total. The standard InChI is InChI=1S/C15H26N2O4S/c1-7-11-8-9-12(21-11)14(15(2,3)4)16-13(18)10-17(5)22(6,19)20/h8-9,14H,7,10H2,1-6H3,(H,16,18). The number of carbonyl (C=O) groups excluding carboxylic acids is 1. The van der Waals surface area contributed by atoms with Gasteiger partial charge < -0.3 is 9.73 Å². The highest BCUT2D eigenvalue weighted by atomic mass is 32.2. The number of sulfonamides is 1. The summed E-state index contributed by atoms with van der Waals surface area (Å²) < 4.78 is 29.5. The highest BCUT2D eigenvalue weighted by molar-refractivity contribution is 7.88. The normalized spacial score (nSPS) is 14.1. The molecule has 1 aromatic rings. The largest absolute Gasteiger partial charge is 0.464 e. The molecule has 1 unspecified atom stereocenters. The Kier molecular flexibility index (Phi) is 5.81. The lowest BCUT2D eigenvalue weighted by Gasteiger charge is -2.30. The number of likely N-dealkylation sites (N-methyl/N-ethyl adjacent to an activating group) is 1. The van der Waals surface area contributed by atoms with E-state index in [-0.39, 0.29) is 23.9 Å². The Labute approximate surface area is 132 Å². The van der Waals surface area contributed by atoms with Gasteiger partial charge in [0.25, 0.3) is 0 Å². The van der Waals surface area contributed by atoms with Crippen LogP contribution in [0.2, 0.25) is 0 Å². The second kappa shape index (κ2) is 6.83. The fourth-order valence-electron chi connectivity index (χ4n) is 1.98. The predicted octanol–water partition coefficient (Wildman–Crippen LogP) is 1.94. The number of aryl methyl sites for hydroxylation is 1. The van der Waals surface area contributed by atoms with Crippen LogP contribution in [0.5, 0.6) is 0 Å². The summed E-state index contributed by atoms with van der Waals surface area (Å²) in [4.78, 5) is 12.1. The van der Waals surface area contributed by atoms with Crippen molar-refractivity contribution in [2.75, 3.05) is 19.8 Å². The van der Waals surface area contributed by atoms with E-state index < -0.39 is 10.0 Å². The van der Waals surface area contributed by atoms with Crippen LogP contribution in [-0.4, -0.2) is 38.5 Å². The molecule has 22 heavy (non-hydrogen) atoms. The molecule has 126 valence electrons. The van der Waals surface area contributed by atoms with E-state index in [4.69, 9.17) is 4.42 Å². The second-order valence-electron chi connectivity index (χ2n) is 6.54. The van der Waals surface area contributed by atoms with Gasteiger partial charge in [-0.3, -0.25) is 4.79 Å². The molecule has 1 rings (SSSR count). The van der Waals surface area contributed by atoms with E-state index in [0.717, 1.165) is 22.7 Å². The van der Waals surface area contributed by atoms with Crippen LogP contribution in [0.1, 0.15) is 45.3 Å². The molecular weight excluding hydrogens is 304 g/mol. The van der Waals surface area contributed by atoms with Gasteiger partial charge in [-0.15, -0.1) is 0 Å². The van der Waals surface area contributed by atoms with Crippen LogP contribution in [0.25, 0.3) is 0 Å². The number of nitrogens with zero attached hydrogens (tertiary/aromatic N) is 1. The molecule has 1 atom stereocenters. The van der Waals surface area contributed by atoms with E-state index in [1.54, 1.807) is 0 Å². The van der Waals surface area contributed by atoms with Gasteiger partial charge in [-0.05, 0) is 17.5 Å². The van der Waals surface area contributed by atoms with Gasteiger partial charge in [0, 0.05) is 13.5 Å². The van der Waals surface area contributed by atoms with Crippen molar-refractivity contribution in [2.24, 2.45) is 5.41 Å².